The van der Waals surface area contributed by atoms with E-state index >= 15 is 0 Å². The minimum atomic E-state index is 0. The van der Waals surface area contributed by atoms with E-state index in [9.17, 15) is 0 Å². The van der Waals surface area contributed by atoms with E-state index in [1.807, 2.05) is 42.2 Å². The van der Waals surface area contributed by atoms with Crippen molar-refractivity contribution >= 4 is 11.1 Å². The second-order valence-corrected chi connectivity index (χ2v) is 4.43. The summed E-state index contributed by atoms with van der Waals surface area (Å²) in [5, 5.41) is 0. The molecule has 0 radical (unpaired) electrons. The van der Waals surface area contributed by atoms with Crippen molar-refractivity contribution in [2.45, 2.75) is 13.3 Å². The minimum Gasteiger partial charge on any atom is -1.00 e. The van der Waals surface area contributed by atoms with Crippen LogP contribution in [0, 0.1) is 0 Å². The Labute approximate surface area is 129 Å². The molecular formula is C15H15IN2O. The number of fused-ring (bicyclic) bond motifs is 1. The molecule has 0 unspecified atom stereocenters. The van der Waals surface area contributed by atoms with Crippen LogP contribution in [0.5, 0.6) is 0 Å². The summed E-state index contributed by atoms with van der Waals surface area (Å²) in [5.41, 5.74) is 4.05. The van der Waals surface area contributed by atoms with Gasteiger partial charge in [0.2, 0.25) is 5.89 Å². The summed E-state index contributed by atoms with van der Waals surface area (Å²) in [4.78, 5) is 4.55. The second-order valence-electron chi connectivity index (χ2n) is 4.43. The highest BCUT2D eigenvalue weighted by Crippen LogP contribution is 2.24. The van der Waals surface area contributed by atoms with E-state index in [4.69, 9.17) is 4.42 Å². The molecule has 0 aliphatic carbocycles. The highest BCUT2D eigenvalue weighted by molar-refractivity contribution is 5.76. The van der Waals surface area contributed by atoms with E-state index < -0.39 is 0 Å². The molecule has 0 atom stereocenters. The number of benzene rings is 1. The average molecular weight is 366 g/mol. The third-order valence-corrected chi connectivity index (χ3v) is 3.09. The first-order chi connectivity index (χ1) is 8.76. The minimum absolute atomic E-state index is 0. The van der Waals surface area contributed by atoms with Crippen molar-refractivity contribution < 1.29 is 33.0 Å². The van der Waals surface area contributed by atoms with E-state index in [2.05, 4.69) is 24.0 Å². The molecule has 3 nitrogen and oxygen atoms in total. The van der Waals surface area contributed by atoms with Crippen LogP contribution in [0.15, 0.2) is 47.1 Å². The largest absolute Gasteiger partial charge is 1.00 e. The van der Waals surface area contributed by atoms with Crippen LogP contribution in [0.1, 0.15) is 12.5 Å². The molecule has 0 N–H and O–H groups in total. The van der Waals surface area contributed by atoms with Crippen LogP contribution in [-0.2, 0) is 13.5 Å². The normalized spacial score (nSPS) is 10.4. The molecule has 2 aromatic heterocycles. The van der Waals surface area contributed by atoms with Gasteiger partial charge < -0.3 is 28.4 Å². The van der Waals surface area contributed by atoms with Gasteiger partial charge in [-0.3, -0.25) is 0 Å². The van der Waals surface area contributed by atoms with Gasteiger partial charge in [0.25, 0.3) is 0 Å². The quantitative estimate of drug-likeness (QED) is 0.468. The zero-order chi connectivity index (χ0) is 12.5. The molecule has 0 saturated heterocycles. The van der Waals surface area contributed by atoms with Gasteiger partial charge in [-0.25, -0.2) is 9.55 Å². The first kappa shape index (κ1) is 14.0. The summed E-state index contributed by atoms with van der Waals surface area (Å²) in [5.74, 6) is 0.679. The lowest BCUT2D eigenvalue weighted by atomic mass is 10.1. The van der Waals surface area contributed by atoms with E-state index in [-0.39, 0.29) is 24.0 Å². The van der Waals surface area contributed by atoms with Crippen LogP contribution >= 0.6 is 0 Å². The van der Waals surface area contributed by atoms with E-state index in [1.54, 1.807) is 0 Å². The molecule has 2 heterocycles. The van der Waals surface area contributed by atoms with Crippen molar-refractivity contribution in [1.29, 1.82) is 0 Å². The Balaban J connectivity index is 0.00000133. The Kier molecular flexibility index (Phi) is 4.19. The van der Waals surface area contributed by atoms with Gasteiger partial charge in [0.05, 0.1) is 0 Å². The molecule has 19 heavy (non-hydrogen) atoms. The van der Waals surface area contributed by atoms with Crippen molar-refractivity contribution in [3.8, 4) is 11.5 Å². The average Bonchev–Trinajstić information content (AvgIpc) is 2.82. The third kappa shape index (κ3) is 2.78. The number of aryl methyl sites for hydroxylation is 2. The Morgan fingerprint density at radius 2 is 1.89 bits per heavy atom. The van der Waals surface area contributed by atoms with E-state index in [0.717, 1.165) is 23.1 Å². The number of rotatable bonds is 2. The standard InChI is InChI=1S/C15H15N2O.HI/c1-3-11-4-5-14-13(10-11)16-15(18-14)12-6-8-17(2)9-7-12;/h4-10H,3H2,1-2H3;1H/q+1;/p-1. The predicted molar refractivity (Wildman–Crippen MR) is 70.0 cm³/mol. The second kappa shape index (κ2) is 5.69. The van der Waals surface area contributed by atoms with Crippen LogP contribution < -0.4 is 28.5 Å². The molecule has 98 valence electrons. The Morgan fingerprint density at radius 1 is 1.16 bits per heavy atom. The number of hydrogen-bond donors (Lipinski definition) is 0. The fraction of sp³-hybridized carbons (Fsp3) is 0.200. The fourth-order valence-electron chi connectivity index (χ4n) is 1.96. The van der Waals surface area contributed by atoms with Gasteiger partial charge in [-0.2, -0.15) is 0 Å². The molecule has 0 aliphatic rings. The van der Waals surface area contributed by atoms with Crippen molar-refractivity contribution in [2.24, 2.45) is 7.05 Å². The van der Waals surface area contributed by atoms with Gasteiger partial charge in [-0.15, -0.1) is 0 Å². The number of hydrogen-bond acceptors (Lipinski definition) is 2. The topological polar surface area (TPSA) is 29.9 Å². The molecule has 0 amide bonds. The molecule has 1 aromatic carbocycles. The summed E-state index contributed by atoms with van der Waals surface area (Å²) in [6.07, 6.45) is 4.99. The lowest BCUT2D eigenvalue weighted by Gasteiger charge is -1.92. The third-order valence-electron chi connectivity index (χ3n) is 3.09. The predicted octanol–water partition coefficient (Wildman–Crippen LogP) is -0.114. The summed E-state index contributed by atoms with van der Waals surface area (Å²) in [6, 6.07) is 10.2. The number of aromatic nitrogens is 2. The Hall–Kier alpha value is -1.43. The summed E-state index contributed by atoms with van der Waals surface area (Å²) in [6.45, 7) is 2.14. The summed E-state index contributed by atoms with van der Waals surface area (Å²) < 4.78 is 7.76. The van der Waals surface area contributed by atoms with Crippen LogP contribution in [0.25, 0.3) is 22.6 Å². The van der Waals surface area contributed by atoms with Gasteiger partial charge in [-0.05, 0) is 24.1 Å². The van der Waals surface area contributed by atoms with Crippen LogP contribution in [0.4, 0.5) is 0 Å². The molecular weight excluding hydrogens is 351 g/mol. The maximum Gasteiger partial charge on any atom is 0.227 e. The van der Waals surface area contributed by atoms with E-state index in [0.29, 0.717) is 5.89 Å². The summed E-state index contributed by atoms with van der Waals surface area (Å²) in [7, 11) is 1.99. The zero-order valence-electron chi connectivity index (χ0n) is 10.9. The molecule has 0 bridgehead atoms. The van der Waals surface area contributed by atoms with Crippen LogP contribution in [0.3, 0.4) is 0 Å². The molecule has 0 saturated carbocycles. The molecule has 0 aliphatic heterocycles. The van der Waals surface area contributed by atoms with Crippen LogP contribution in [-0.4, -0.2) is 4.98 Å². The maximum absolute atomic E-state index is 5.77. The number of halogens is 1. The number of oxazole rings is 1. The molecule has 3 aromatic rings. The molecule has 0 fully saturated rings. The molecule has 0 spiro atoms. The van der Waals surface area contributed by atoms with Crippen LogP contribution in [0.2, 0.25) is 0 Å². The number of nitrogens with zero attached hydrogens (tertiary/aromatic N) is 2. The first-order valence-electron chi connectivity index (χ1n) is 6.11. The Morgan fingerprint density at radius 3 is 2.58 bits per heavy atom. The van der Waals surface area contributed by atoms with Gasteiger partial charge in [0.1, 0.15) is 12.6 Å². The van der Waals surface area contributed by atoms with Crippen molar-refractivity contribution in [1.82, 2.24) is 4.98 Å². The lowest BCUT2D eigenvalue weighted by Crippen LogP contribution is -3.00. The van der Waals surface area contributed by atoms with Gasteiger partial charge in [0, 0.05) is 17.7 Å². The maximum atomic E-state index is 5.77. The van der Waals surface area contributed by atoms with Crippen molar-refractivity contribution in [3.63, 3.8) is 0 Å². The monoisotopic (exact) mass is 366 g/mol. The van der Waals surface area contributed by atoms with Crippen molar-refractivity contribution in [3.05, 3.63) is 48.3 Å². The SMILES string of the molecule is CCc1ccc2oc(-c3cc[n+](C)cc3)nc2c1.[I-]. The highest BCUT2D eigenvalue weighted by Gasteiger charge is 2.09. The highest BCUT2D eigenvalue weighted by atomic mass is 127. The number of pyridine rings is 1. The molecule has 3 rings (SSSR count). The van der Waals surface area contributed by atoms with Gasteiger partial charge in [-0.1, -0.05) is 13.0 Å². The van der Waals surface area contributed by atoms with Gasteiger partial charge >= 0.3 is 0 Å². The fourth-order valence-corrected chi connectivity index (χ4v) is 1.96. The van der Waals surface area contributed by atoms with Crippen molar-refractivity contribution in [2.75, 3.05) is 0 Å². The summed E-state index contributed by atoms with van der Waals surface area (Å²) >= 11 is 0. The smallest absolute Gasteiger partial charge is 0.227 e. The van der Waals surface area contributed by atoms with Gasteiger partial charge in [0.15, 0.2) is 18.0 Å². The zero-order valence-corrected chi connectivity index (χ0v) is 13.1. The Bertz CT molecular complexity index is 689. The first-order valence-corrected chi connectivity index (χ1v) is 6.11. The van der Waals surface area contributed by atoms with E-state index in [1.165, 1.54) is 5.56 Å². The lowest BCUT2D eigenvalue weighted by molar-refractivity contribution is -0.671. The molecule has 4 heteroatoms.